The van der Waals surface area contributed by atoms with E-state index in [1.165, 1.54) is 5.06 Å². The van der Waals surface area contributed by atoms with Crippen molar-refractivity contribution in [2.24, 2.45) is 4.99 Å². The predicted molar refractivity (Wildman–Crippen MR) is 106 cm³/mol. The molecule has 1 spiro atoms. The van der Waals surface area contributed by atoms with Crippen LogP contribution in [-0.2, 0) is 6.54 Å². The van der Waals surface area contributed by atoms with Crippen molar-refractivity contribution in [2.75, 3.05) is 30.6 Å². The van der Waals surface area contributed by atoms with Crippen LogP contribution < -0.4 is 20.4 Å². The highest BCUT2D eigenvalue weighted by atomic mass is 35.5. The molecule has 7 nitrogen and oxygen atoms in total. The summed E-state index contributed by atoms with van der Waals surface area (Å²) in [7, 11) is 1.55. The van der Waals surface area contributed by atoms with Crippen LogP contribution in [0.15, 0.2) is 41.5 Å². The van der Waals surface area contributed by atoms with Crippen LogP contribution in [0.2, 0.25) is 5.02 Å². The second-order valence-corrected chi connectivity index (χ2v) is 7.22. The van der Waals surface area contributed by atoms with E-state index in [1.807, 2.05) is 24.3 Å². The van der Waals surface area contributed by atoms with Crippen LogP contribution >= 0.6 is 11.6 Å². The van der Waals surface area contributed by atoms with Gasteiger partial charge in [-0.3, -0.25) is 10.2 Å². The fraction of sp³-hybridized carbons (Fsp3) is 0.368. The molecule has 0 bridgehead atoms. The Morgan fingerprint density at radius 2 is 2.15 bits per heavy atom. The Hall–Kier alpha value is -2.35. The number of hydrogen-bond acceptors (Lipinski definition) is 6. The molecule has 4 rings (SSSR count). The highest BCUT2D eigenvalue weighted by Gasteiger charge is 2.44. The second-order valence-electron chi connectivity index (χ2n) is 6.78. The zero-order chi connectivity index (χ0) is 18.9. The topological polar surface area (TPSA) is 82.0 Å². The van der Waals surface area contributed by atoms with Crippen molar-refractivity contribution < 1.29 is 9.94 Å². The van der Waals surface area contributed by atoms with Crippen molar-refractivity contribution in [2.45, 2.75) is 24.9 Å². The summed E-state index contributed by atoms with van der Waals surface area (Å²) in [6.45, 7) is 2.12. The van der Waals surface area contributed by atoms with Crippen molar-refractivity contribution in [3.63, 3.8) is 0 Å². The van der Waals surface area contributed by atoms with E-state index in [1.54, 1.807) is 19.4 Å². The molecule has 0 aliphatic carbocycles. The molecule has 3 N–H and O–H groups in total. The number of methoxy groups -OCH3 is 1. The summed E-state index contributed by atoms with van der Waals surface area (Å²) in [5, 5.41) is 19.8. The Morgan fingerprint density at radius 1 is 1.33 bits per heavy atom. The van der Waals surface area contributed by atoms with E-state index in [0.29, 0.717) is 29.0 Å². The van der Waals surface area contributed by atoms with Gasteiger partial charge in [0.15, 0.2) is 5.84 Å². The number of fused-ring (bicyclic) bond motifs is 1. The minimum Gasteiger partial charge on any atom is -0.481 e. The van der Waals surface area contributed by atoms with Gasteiger partial charge in [0.05, 0.1) is 25.5 Å². The highest BCUT2D eigenvalue weighted by molar-refractivity contribution is 6.30. The number of aromatic nitrogens is 1. The largest absolute Gasteiger partial charge is 0.481 e. The fourth-order valence-corrected chi connectivity index (χ4v) is 3.87. The average Bonchev–Trinajstić information content (AvgIpc) is 2.68. The lowest BCUT2D eigenvalue weighted by molar-refractivity contribution is 0.287. The molecule has 27 heavy (non-hydrogen) atoms. The van der Waals surface area contributed by atoms with E-state index in [2.05, 4.69) is 15.6 Å². The number of nitrogens with zero attached hydrogens (tertiary/aromatic N) is 3. The van der Waals surface area contributed by atoms with Crippen molar-refractivity contribution in [1.82, 2.24) is 10.3 Å². The zero-order valence-electron chi connectivity index (χ0n) is 15.1. The van der Waals surface area contributed by atoms with Gasteiger partial charge in [-0.15, -0.1) is 0 Å². The van der Waals surface area contributed by atoms with Gasteiger partial charge in [0.2, 0.25) is 5.88 Å². The van der Waals surface area contributed by atoms with Crippen LogP contribution in [0.3, 0.4) is 0 Å². The summed E-state index contributed by atoms with van der Waals surface area (Å²) < 4.78 is 5.20. The number of hydrogen-bond donors (Lipinski definition) is 3. The van der Waals surface area contributed by atoms with Crippen LogP contribution in [0, 0.1) is 0 Å². The van der Waals surface area contributed by atoms with Crippen molar-refractivity contribution in [3.05, 3.63) is 47.1 Å². The third kappa shape index (κ3) is 3.45. The summed E-state index contributed by atoms with van der Waals surface area (Å²) in [6.07, 6.45) is 3.31. The highest BCUT2D eigenvalue weighted by Crippen LogP contribution is 2.40. The molecule has 1 fully saturated rings. The van der Waals surface area contributed by atoms with Gasteiger partial charge in [-0.2, -0.15) is 0 Å². The number of halogens is 1. The maximum absolute atomic E-state index is 11.0. The average molecular weight is 388 g/mol. The number of amidine groups is 1. The molecule has 0 amide bonds. The van der Waals surface area contributed by atoms with Crippen LogP contribution in [-0.4, -0.2) is 41.8 Å². The maximum Gasteiger partial charge on any atom is 0.215 e. The molecule has 1 aromatic heterocycles. The number of aliphatic imine (C=N–C) groups is 1. The Kier molecular flexibility index (Phi) is 4.90. The molecular formula is C19H22ClN5O2. The molecule has 8 heteroatoms. The first kappa shape index (κ1) is 18.0. The van der Waals surface area contributed by atoms with Gasteiger partial charge < -0.3 is 15.4 Å². The first-order valence-corrected chi connectivity index (χ1v) is 9.30. The van der Waals surface area contributed by atoms with E-state index < -0.39 is 5.54 Å². The number of rotatable bonds is 3. The van der Waals surface area contributed by atoms with Gasteiger partial charge in [-0.05, 0) is 43.6 Å². The zero-order valence-corrected chi connectivity index (χ0v) is 15.8. The van der Waals surface area contributed by atoms with Gasteiger partial charge in [0.1, 0.15) is 11.2 Å². The summed E-state index contributed by atoms with van der Waals surface area (Å²) in [5.41, 5.74) is 1.89. The van der Waals surface area contributed by atoms with E-state index in [-0.39, 0.29) is 0 Å². The van der Waals surface area contributed by atoms with E-state index in [0.717, 1.165) is 37.2 Å². The Bertz CT molecular complexity index is 867. The van der Waals surface area contributed by atoms with E-state index >= 15 is 0 Å². The number of nitrogens with one attached hydrogen (secondary N) is 2. The van der Waals surface area contributed by atoms with Gasteiger partial charge in [0.25, 0.3) is 0 Å². The molecule has 1 saturated heterocycles. The van der Waals surface area contributed by atoms with Crippen molar-refractivity contribution in [3.8, 4) is 5.88 Å². The van der Waals surface area contributed by atoms with Crippen LogP contribution in [0.25, 0.3) is 0 Å². The Balaban J connectivity index is 1.74. The second kappa shape index (κ2) is 7.34. The van der Waals surface area contributed by atoms with Crippen molar-refractivity contribution in [1.29, 1.82) is 0 Å². The standard InChI is InChI=1S/C19H22ClN5O2/c1-27-17-10-16-15(12-22-17)24-19(5-7-21-8-6-19)18(25(16)26)23-11-13-3-2-4-14(20)9-13/h2-4,9-10,12,21,24,26H,5-8,11H2,1H3. The normalized spacial score (nSPS) is 19.7. The molecular weight excluding hydrogens is 366 g/mol. The maximum atomic E-state index is 11.0. The first-order chi connectivity index (χ1) is 13.1. The smallest absolute Gasteiger partial charge is 0.215 e. The van der Waals surface area contributed by atoms with Gasteiger partial charge >= 0.3 is 0 Å². The Labute approximate surface area is 163 Å². The molecule has 2 aliphatic heterocycles. The summed E-state index contributed by atoms with van der Waals surface area (Å²) in [4.78, 5) is 9.05. The number of benzene rings is 1. The van der Waals surface area contributed by atoms with Crippen LogP contribution in [0.4, 0.5) is 11.4 Å². The molecule has 0 radical (unpaired) electrons. The lowest BCUT2D eigenvalue weighted by Gasteiger charge is -2.46. The summed E-state index contributed by atoms with van der Waals surface area (Å²) in [6, 6.07) is 9.30. The number of pyridine rings is 1. The van der Waals surface area contributed by atoms with E-state index in [4.69, 9.17) is 21.3 Å². The quantitative estimate of drug-likeness (QED) is 0.750. The third-order valence-corrected chi connectivity index (χ3v) is 5.29. The molecule has 2 aromatic rings. The fourth-order valence-electron chi connectivity index (χ4n) is 3.66. The van der Waals surface area contributed by atoms with Gasteiger partial charge in [-0.1, -0.05) is 23.7 Å². The summed E-state index contributed by atoms with van der Waals surface area (Å²) >= 11 is 6.09. The molecule has 0 saturated carbocycles. The lowest BCUT2D eigenvalue weighted by atomic mass is 9.84. The Morgan fingerprint density at radius 3 is 2.89 bits per heavy atom. The molecule has 1 aromatic carbocycles. The molecule has 3 heterocycles. The predicted octanol–water partition coefficient (Wildman–Crippen LogP) is 3.09. The SMILES string of the molecule is COc1cc2c(cn1)NC1(CCNCC1)C(=NCc1cccc(Cl)c1)N2O. The third-order valence-electron chi connectivity index (χ3n) is 5.05. The van der Waals surface area contributed by atoms with Gasteiger partial charge in [0, 0.05) is 11.1 Å². The minimum absolute atomic E-state index is 0.432. The molecule has 0 unspecified atom stereocenters. The molecule has 2 aliphatic rings. The monoisotopic (exact) mass is 387 g/mol. The molecule has 142 valence electrons. The van der Waals surface area contributed by atoms with E-state index in [9.17, 15) is 5.21 Å². The number of ether oxygens (including phenoxy) is 1. The lowest BCUT2D eigenvalue weighted by Crippen LogP contribution is -2.61. The number of hydroxylamine groups is 1. The molecule has 0 atom stereocenters. The van der Waals surface area contributed by atoms with Crippen LogP contribution in [0.1, 0.15) is 18.4 Å². The first-order valence-electron chi connectivity index (χ1n) is 8.93. The van der Waals surface area contributed by atoms with Crippen LogP contribution in [0.5, 0.6) is 5.88 Å². The minimum atomic E-state index is -0.443. The summed E-state index contributed by atoms with van der Waals surface area (Å²) in [5.74, 6) is 1.04. The number of piperidine rings is 1. The van der Waals surface area contributed by atoms with Crippen molar-refractivity contribution >= 4 is 28.8 Å². The number of anilines is 2. The van der Waals surface area contributed by atoms with Gasteiger partial charge in [-0.25, -0.2) is 10.0 Å².